The van der Waals surface area contributed by atoms with Crippen LogP contribution in [0.5, 0.6) is 0 Å². The first-order valence-electron chi connectivity index (χ1n) is 11.8. The average molecular weight is 379 g/mol. The highest BCUT2D eigenvalue weighted by Gasteiger charge is 2.63. The van der Waals surface area contributed by atoms with Gasteiger partial charge in [0.1, 0.15) is 0 Å². The quantitative estimate of drug-likeness (QED) is 0.598. The van der Waals surface area contributed by atoms with Crippen molar-refractivity contribution >= 4 is 0 Å². The predicted octanol–water partition coefficient (Wildman–Crippen LogP) is 6.20. The summed E-state index contributed by atoms with van der Waals surface area (Å²) in [7, 11) is 0. The summed E-state index contributed by atoms with van der Waals surface area (Å²) in [6.45, 7) is 14.9. The third-order valence-electron chi connectivity index (χ3n) is 9.90. The van der Waals surface area contributed by atoms with Crippen molar-refractivity contribution in [2.75, 3.05) is 6.61 Å². The van der Waals surface area contributed by atoms with Gasteiger partial charge in [-0.15, -0.1) is 0 Å². The molecule has 1 unspecified atom stereocenters. The van der Waals surface area contributed by atoms with Gasteiger partial charge in [-0.25, -0.2) is 0 Å². The highest BCUT2D eigenvalue weighted by molar-refractivity contribution is 5.12. The normalized spacial score (nSPS) is 47.8. The van der Waals surface area contributed by atoms with Crippen LogP contribution in [0.15, 0.2) is 0 Å². The minimum absolute atomic E-state index is 0.263. The average Bonchev–Trinajstić information content (AvgIpc) is 2.52. The second-order valence-corrected chi connectivity index (χ2v) is 12.1. The van der Waals surface area contributed by atoms with E-state index in [1.165, 1.54) is 38.5 Å². The van der Waals surface area contributed by atoms with Gasteiger partial charge in [0.2, 0.25) is 0 Å². The van der Waals surface area contributed by atoms with Gasteiger partial charge in [-0.05, 0) is 98.2 Å². The Balaban J connectivity index is 1.88. The summed E-state index contributed by atoms with van der Waals surface area (Å²) in [6.07, 6.45) is 12.1. The smallest absolute Gasteiger partial charge is 0.0653 e. The molecule has 0 aromatic carbocycles. The van der Waals surface area contributed by atoms with Crippen molar-refractivity contribution in [2.45, 2.75) is 111 Å². The van der Waals surface area contributed by atoms with Crippen LogP contribution in [0.1, 0.15) is 106 Å². The molecule has 3 fully saturated rings. The fourth-order valence-corrected chi connectivity index (χ4v) is 8.54. The van der Waals surface area contributed by atoms with Crippen LogP contribution in [0.4, 0.5) is 0 Å². The van der Waals surface area contributed by atoms with Gasteiger partial charge in [0.25, 0.3) is 0 Å². The predicted molar refractivity (Wildman–Crippen MR) is 114 cm³/mol. The standard InChI is InChI=1S/C25H46O2/c1-18(12-17-26)8-9-21-24(5)15-10-19-22(2,3)13-7-14-23(19,4)20(24)11-16-25(21,6)27/h18-21,26-27H,7-17H2,1-6H3/t18?,19-,20+,21-,23-,24+,25-/m0/s1. The van der Waals surface area contributed by atoms with E-state index in [1.54, 1.807) is 0 Å². The Bertz CT molecular complexity index is 524. The van der Waals surface area contributed by atoms with Crippen molar-refractivity contribution < 1.29 is 10.2 Å². The monoisotopic (exact) mass is 378 g/mol. The molecule has 27 heavy (non-hydrogen) atoms. The lowest BCUT2D eigenvalue weighted by Crippen LogP contribution is -2.62. The van der Waals surface area contributed by atoms with Crippen molar-refractivity contribution in [1.29, 1.82) is 0 Å². The Morgan fingerprint density at radius 1 is 0.852 bits per heavy atom. The van der Waals surface area contributed by atoms with Gasteiger partial charge >= 0.3 is 0 Å². The van der Waals surface area contributed by atoms with Crippen LogP contribution in [0, 0.1) is 39.9 Å². The Kier molecular flexibility index (Phi) is 5.86. The molecule has 0 radical (unpaired) electrons. The lowest BCUT2D eigenvalue weighted by molar-refractivity contribution is -0.211. The van der Waals surface area contributed by atoms with Gasteiger partial charge < -0.3 is 10.2 Å². The molecule has 0 spiro atoms. The van der Waals surface area contributed by atoms with E-state index in [0.29, 0.717) is 22.7 Å². The van der Waals surface area contributed by atoms with E-state index in [1.807, 2.05) is 0 Å². The van der Waals surface area contributed by atoms with Crippen LogP contribution in [0.25, 0.3) is 0 Å². The lowest BCUT2D eigenvalue weighted by atomic mass is 9.38. The van der Waals surface area contributed by atoms with Crippen LogP contribution in [0.2, 0.25) is 0 Å². The molecule has 2 N–H and O–H groups in total. The fraction of sp³-hybridized carbons (Fsp3) is 1.00. The van der Waals surface area contributed by atoms with Crippen molar-refractivity contribution in [3.8, 4) is 0 Å². The van der Waals surface area contributed by atoms with E-state index >= 15 is 0 Å². The first-order chi connectivity index (χ1) is 12.5. The first kappa shape index (κ1) is 21.6. The molecule has 158 valence electrons. The number of fused-ring (bicyclic) bond motifs is 3. The molecular weight excluding hydrogens is 332 g/mol. The topological polar surface area (TPSA) is 40.5 Å². The second-order valence-electron chi connectivity index (χ2n) is 12.1. The fourth-order valence-electron chi connectivity index (χ4n) is 8.54. The molecule has 3 saturated carbocycles. The van der Waals surface area contributed by atoms with Crippen molar-refractivity contribution in [1.82, 2.24) is 0 Å². The van der Waals surface area contributed by atoms with Crippen LogP contribution in [0.3, 0.4) is 0 Å². The Labute approximate surface area is 168 Å². The summed E-state index contributed by atoms with van der Waals surface area (Å²) in [6, 6.07) is 0. The van der Waals surface area contributed by atoms with E-state index in [4.69, 9.17) is 0 Å². The number of aliphatic hydroxyl groups excluding tert-OH is 1. The van der Waals surface area contributed by atoms with Crippen LogP contribution in [-0.2, 0) is 0 Å². The van der Waals surface area contributed by atoms with Crippen LogP contribution in [-0.4, -0.2) is 22.4 Å². The molecule has 2 nitrogen and oxygen atoms in total. The molecule has 0 aromatic heterocycles. The third-order valence-corrected chi connectivity index (χ3v) is 9.90. The molecule has 0 heterocycles. The SMILES string of the molecule is CC(CCO)CC[C@H]1[C@]2(C)CC[C@H]3C(C)(C)CCC[C@]3(C)[C@H]2CC[C@]1(C)O. The molecule has 3 aliphatic carbocycles. The zero-order valence-corrected chi connectivity index (χ0v) is 19.0. The van der Waals surface area contributed by atoms with E-state index < -0.39 is 5.60 Å². The maximum Gasteiger partial charge on any atom is 0.0653 e. The number of rotatable bonds is 5. The van der Waals surface area contributed by atoms with E-state index in [-0.39, 0.29) is 12.0 Å². The van der Waals surface area contributed by atoms with Crippen molar-refractivity contribution in [3.05, 3.63) is 0 Å². The summed E-state index contributed by atoms with van der Waals surface area (Å²) < 4.78 is 0. The number of hydrogen-bond acceptors (Lipinski definition) is 2. The second kappa shape index (κ2) is 7.31. The molecule has 3 rings (SSSR count). The van der Waals surface area contributed by atoms with Crippen molar-refractivity contribution in [2.24, 2.45) is 39.9 Å². The molecule has 0 bridgehead atoms. The summed E-state index contributed by atoms with van der Waals surface area (Å²) in [4.78, 5) is 0. The largest absolute Gasteiger partial charge is 0.396 e. The van der Waals surface area contributed by atoms with Crippen LogP contribution < -0.4 is 0 Å². The summed E-state index contributed by atoms with van der Waals surface area (Å²) in [5.41, 5.74) is 0.649. The zero-order valence-electron chi connectivity index (χ0n) is 19.0. The van der Waals surface area contributed by atoms with Gasteiger partial charge in [0.15, 0.2) is 0 Å². The molecule has 0 aliphatic heterocycles. The molecule has 2 heteroatoms. The number of hydrogen-bond donors (Lipinski definition) is 2. The molecule has 0 saturated heterocycles. The lowest BCUT2D eigenvalue weighted by Gasteiger charge is -2.67. The van der Waals surface area contributed by atoms with E-state index in [2.05, 4.69) is 41.5 Å². The Hall–Kier alpha value is -0.0800. The van der Waals surface area contributed by atoms with Gasteiger partial charge in [-0.3, -0.25) is 0 Å². The van der Waals surface area contributed by atoms with E-state index in [9.17, 15) is 10.2 Å². The maximum atomic E-state index is 11.4. The zero-order chi connectivity index (χ0) is 20.1. The van der Waals surface area contributed by atoms with Gasteiger partial charge in [-0.2, -0.15) is 0 Å². The van der Waals surface area contributed by atoms with Gasteiger partial charge in [0, 0.05) is 6.61 Å². The minimum atomic E-state index is -0.530. The van der Waals surface area contributed by atoms with Gasteiger partial charge in [-0.1, -0.05) is 47.5 Å². The Morgan fingerprint density at radius 3 is 2.19 bits per heavy atom. The Morgan fingerprint density at radius 2 is 1.52 bits per heavy atom. The first-order valence-corrected chi connectivity index (χ1v) is 11.8. The number of aliphatic hydroxyl groups is 2. The van der Waals surface area contributed by atoms with Gasteiger partial charge in [0.05, 0.1) is 5.60 Å². The summed E-state index contributed by atoms with van der Waals surface area (Å²) in [5.74, 6) is 2.54. The van der Waals surface area contributed by atoms with Crippen LogP contribution >= 0.6 is 0 Å². The summed E-state index contributed by atoms with van der Waals surface area (Å²) in [5, 5.41) is 20.7. The summed E-state index contributed by atoms with van der Waals surface area (Å²) >= 11 is 0. The maximum absolute atomic E-state index is 11.4. The molecule has 3 aliphatic rings. The molecular formula is C25H46O2. The molecule has 0 aromatic rings. The highest BCUT2D eigenvalue weighted by Crippen LogP contribution is 2.70. The highest BCUT2D eigenvalue weighted by atomic mass is 16.3. The minimum Gasteiger partial charge on any atom is -0.396 e. The van der Waals surface area contributed by atoms with Crippen molar-refractivity contribution in [3.63, 3.8) is 0 Å². The molecule has 0 amide bonds. The molecule has 7 atom stereocenters. The van der Waals surface area contributed by atoms with E-state index in [0.717, 1.165) is 37.5 Å². The third kappa shape index (κ3) is 3.63.